The predicted octanol–water partition coefficient (Wildman–Crippen LogP) is -0.412. The molecule has 0 amide bonds. The molecule has 6 heteroatoms. The summed E-state index contributed by atoms with van der Waals surface area (Å²) in [6.45, 7) is -0.0279. The SMILES string of the molecule is O=c1[nH][nH]c(=O)n1-c1ccccc1C#CCCO. The molecule has 0 aliphatic carbocycles. The van der Waals surface area contributed by atoms with Crippen molar-refractivity contribution in [3.05, 3.63) is 50.8 Å². The molecule has 1 aromatic carbocycles. The Morgan fingerprint density at radius 1 is 1.17 bits per heavy atom. The van der Waals surface area contributed by atoms with E-state index in [0.717, 1.165) is 4.57 Å². The van der Waals surface area contributed by atoms with Gasteiger partial charge >= 0.3 is 11.4 Å². The van der Waals surface area contributed by atoms with Crippen molar-refractivity contribution in [2.24, 2.45) is 0 Å². The Morgan fingerprint density at radius 3 is 2.50 bits per heavy atom. The van der Waals surface area contributed by atoms with Crippen molar-refractivity contribution in [2.75, 3.05) is 6.61 Å². The monoisotopic (exact) mass is 245 g/mol. The van der Waals surface area contributed by atoms with Crippen LogP contribution in [0.5, 0.6) is 0 Å². The van der Waals surface area contributed by atoms with Crippen molar-refractivity contribution >= 4 is 0 Å². The fourth-order valence-corrected chi connectivity index (χ4v) is 1.52. The van der Waals surface area contributed by atoms with Crippen LogP contribution in [-0.4, -0.2) is 26.5 Å². The van der Waals surface area contributed by atoms with Crippen molar-refractivity contribution in [2.45, 2.75) is 6.42 Å². The molecule has 0 atom stereocenters. The van der Waals surface area contributed by atoms with Crippen LogP contribution in [0.3, 0.4) is 0 Å². The summed E-state index contributed by atoms with van der Waals surface area (Å²) in [6.07, 6.45) is 0.340. The van der Waals surface area contributed by atoms with Crippen LogP contribution < -0.4 is 11.4 Å². The number of hydrogen-bond donors (Lipinski definition) is 3. The fraction of sp³-hybridized carbons (Fsp3) is 0.167. The van der Waals surface area contributed by atoms with Gasteiger partial charge in [-0.1, -0.05) is 24.0 Å². The molecule has 6 nitrogen and oxygen atoms in total. The second-order valence-electron chi connectivity index (χ2n) is 3.49. The predicted molar refractivity (Wildman–Crippen MR) is 65.6 cm³/mol. The van der Waals surface area contributed by atoms with E-state index in [0.29, 0.717) is 17.7 Å². The van der Waals surface area contributed by atoms with Gasteiger partial charge in [-0.2, -0.15) is 0 Å². The summed E-state index contributed by atoms with van der Waals surface area (Å²) in [5.41, 5.74) is -0.124. The minimum Gasteiger partial charge on any atom is -0.395 e. The quantitative estimate of drug-likeness (QED) is 0.628. The second-order valence-corrected chi connectivity index (χ2v) is 3.49. The van der Waals surface area contributed by atoms with E-state index in [1.54, 1.807) is 24.3 Å². The summed E-state index contributed by atoms with van der Waals surface area (Å²) < 4.78 is 0.975. The zero-order valence-electron chi connectivity index (χ0n) is 9.43. The highest BCUT2D eigenvalue weighted by atomic mass is 16.2. The summed E-state index contributed by atoms with van der Waals surface area (Å²) in [5.74, 6) is 5.58. The molecule has 0 unspecified atom stereocenters. The van der Waals surface area contributed by atoms with E-state index in [4.69, 9.17) is 5.11 Å². The maximum absolute atomic E-state index is 11.5. The van der Waals surface area contributed by atoms with Gasteiger partial charge < -0.3 is 5.11 Å². The standard InChI is InChI=1S/C12H11N3O3/c16-8-4-3-6-9-5-1-2-7-10(9)15-11(17)13-14-12(15)18/h1-2,5,7,16H,4,8H2,(H,13,17)(H,14,18). The fourth-order valence-electron chi connectivity index (χ4n) is 1.52. The Morgan fingerprint density at radius 2 is 1.83 bits per heavy atom. The number of aliphatic hydroxyl groups excluding tert-OH is 1. The third-order valence-electron chi connectivity index (χ3n) is 2.29. The number of rotatable bonds is 2. The molecule has 18 heavy (non-hydrogen) atoms. The van der Waals surface area contributed by atoms with Gasteiger partial charge in [-0.15, -0.1) is 0 Å². The molecule has 0 saturated heterocycles. The molecule has 0 fully saturated rings. The molecule has 2 aromatic rings. The van der Waals surface area contributed by atoms with Gasteiger partial charge in [0.25, 0.3) is 0 Å². The van der Waals surface area contributed by atoms with E-state index in [1.165, 1.54) is 0 Å². The molecule has 0 radical (unpaired) electrons. The molecule has 0 aliphatic heterocycles. The van der Waals surface area contributed by atoms with Crippen molar-refractivity contribution in [3.63, 3.8) is 0 Å². The summed E-state index contributed by atoms with van der Waals surface area (Å²) >= 11 is 0. The molecule has 0 spiro atoms. The first-order valence-electron chi connectivity index (χ1n) is 5.33. The van der Waals surface area contributed by atoms with Crippen LogP contribution in [0.4, 0.5) is 0 Å². The number of nitrogens with one attached hydrogen (secondary N) is 2. The third-order valence-corrected chi connectivity index (χ3v) is 2.29. The minimum absolute atomic E-state index is 0.0279. The molecule has 0 aliphatic rings. The van der Waals surface area contributed by atoms with Gasteiger partial charge in [0.15, 0.2) is 0 Å². The van der Waals surface area contributed by atoms with Gasteiger partial charge in [0, 0.05) is 12.0 Å². The minimum atomic E-state index is -0.545. The Kier molecular flexibility index (Phi) is 3.46. The van der Waals surface area contributed by atoms with E-state index in [9.17, 15) is 9.59 Å². The van der Waals surface area contributed by atoms with Crippen molar-refractivity contribution in [1.29, 1.82) is 0 Å². The molecule has 0 bridgehead atoms. The molecule has 2 rings (SSSR count). The van der Waals surface area contributed by atoms with E-state index in [2.05, 4.69) is 22.0 Å². The van der Waals surface area contributed by atoms with Crippen molar-refractivity contribution < 1.29 is 5.11 Å². The highest BCUT2D eigenvalue weighted by Crippen LogP contribution is 2.09. The highest BCUT2D eigenvalue weighted by Gasteiger charge is 2.08. The Labute approximate surface area is 102 Å². The number of benzene rings is 1. The van der Waals surface area contributed by atoms with Gasteiger partial charge in [-0.25, -0.2) is 24.4 Å². The maximum atomic E-state index is 11.5. The Bertz CT molecular complexity index is 685. The van der Waals surface area contributed by atoms with Gasteiger partial charge in [0.05, 0.1) is 12.3 Å². The molecule has 1 aromatic heterocycles. The molecular formula is C12H11N3O3. The van der Waals surface area contributed by atoms with Crippen molar-refractivity contribution in [1.82, 2.24) is 14.8 Å². The molecule has 3 N–H and O–H groups in total. The van der Waals surface area contributed by atoms with Gasteiger partial charge in [0.2, 0.25) is 0 Å². The molecule has 1 heterocycles. The topological polar surface area (TPSA) is 90.9 Å². The first-order chi connectivity index (χ1) is 8.74. The lowest BCUT2D eigenvalue weighted by Gasteiger charge is -2.01. The number of aromatic amines is 2. The number of H-pyrrole nitrogens is 2. The summed E-state index contributed by atoms with van der Waals surface area (Å²) in [4.78, 5) is 23.0. The Hall–Kier alpha value is -2.52. The average Bonchev–Trinajstić information content (AvgIpc) is 2.70. The van der Waals surface area contributed by atoms with Crippen LogP contribution in [0, 0.1) is 11.8 Å². The van der Waals surface area contributed by atoms with E-state index in [-0.39, 0.29) is 6.61 Å². The summed E-state index contributed by atoms with van der Waals surface area (Å²) in [7, 11) is 0. The summed E-state index contributed by atoms with van der Waals surface area (Å²) in [5, 5.41) is 13.1. The first kappa shape index (κ1) is 12.0. The zero-order valence-corrected chi connectivity index (χ0v) is 9.43. The lowest BCUT2D eigenvalue weighted by Crippen LogP contribution is -2.25. The van der Waals surface area contributed by atoms with E-state index >= 15 is 0 Å². The van der Waals surface area contributed by atoms with Gasteiger partial charge in [0.1, 0.15) is 0 Å². The van der Waals surface area contributed by atoms with Gasteiger partial charge in [-0.05, 0) is 12.1 Å². The van der Waals surface area contributed by atoms with Crippen LogP contribution in [0.1, 0.15) is 12.0 Å². The van der Waals surface area contributed by atoms with E-state index in [1.807, 2.05) is 0 Å². The van der Waals surface area contributed by atoms with Crippen LogP contribution >= 0.6 is 0 Å². The number of para-hydroxylation sites is 1. The van der Waals surface area contributed by atoms with Crippen molar-refractivity contribution in [3.8, 4) is 17.5 Å². The zero-order chi connectivity index (χ0) is 13.0. The number of aromatic nitrogens is 3. The van der Waals surface area contributed by atoms with Crippen LogP contribution in [0.15, 0.2) is 33.9 Å². The van der Waals surface area contributed by atoms with Crippen LogP contribution in [-0.2, 0) is 0 Å². The van der Waals surface area contributed by atoms with Crippen LogP contribution in [0.2, 0.25) is 0 Å². The number of aliphatic hydroxyl groups is 1. The molecule has 0 saturated carbocycles. The Balaban J connectivity index is 2.57. The second kappa shape index (κ2) is 5.21. The maximum Gasteiger partial charge on any atom is 0.349 e. The highest BCUT2D eigenvalue weighted by molar-refractivity contribution is 5.50. The van der Waals surface area contributed by atoms with Crippen LogP contribution in [0.25, 0.3) is 5.69 Å². The molecular weight excluding hydrogens is 234 g/mol. The largest absolute Gasteiger partial charge is 0.395 e. The molecule has 92 valence electrons. The van der Waals surface area contributed by atoms with E-state index < -0.39 is 11.4 Å². The smallest absolute Gasteiger partial charge is 0.349 e. The third kappa shape index (κ3) is 2.26. The average molecular weight is 245 g/mol. The first-order valence-corrected chi connectivity index (χ1v) is 5.33. The lowest BCUT2D eigenvalue weighted by molar-refractivity contribution is 0.305. The lowest BCUT2D eigenvalue weighted by atomic mass is 10.2. The van der Waals surface area contributed by atoms with Gasteiger partial charge in [-0.3, -0.25) is 0 Å². The number of nitrogens with zero attached hydrogens (tertiary/aromatic N) is 1. The number of hydrogen-bond acceptors (Lipinski definition) is 3. The summed E-state index contributed by atoms with van der Waals surface area (Å²) in [6, 6.07) is 6.82. The normalized spacial score (nSPS) is 9.83.